The van der Waals surface area contributed by atoms with Crippen LogP contribution in [0.25, 0.3) is 0 Å². The van der Waals surface area contributed by atoms with E-state index in [1.54, 1.807) is 13.2 Å². The van der Waals surface area contributed by atoms with Crippen molar-refractivity contribution in [1.82, 2.24) is 10.2 Å². The first-order valence-corrected chi connectivity index (χ1v) is 8.10. The first-order valence-electron chi connectivity index (χ1n) is 8.10. The third-order valence-electron chi connectivity index (χ3n) is 4.31. The zero-order chi connectivity index (χ0) is 16.1. The molecule has 0 radical (unpaired) electrons. The first kappa shape index (κ1) is 15.8. The number of methoxy groups -OCH3 is 1. The Morgan fingerprint density at radius 1 is 1.17 bits per heavy atom. The molecule has 1 aliphatic heterocycles. The van der Waals surface area contributed by atoms with Gasteiger partial charge in [-0.3, -0.25) is 4.90 Å². The SMILES string of the molecule is COc1cc(C[C@@H]2CN(Cc3ccccc3)CCN2)ccc1O. The minimum absolute atomic E-state index is 0.193. The molecule has 0 aromatic heterocycles. The van der Waals surface area contributed by atoms with Gasteiger partial charge in [0.05, 0.1) is 7.11 Å². The Hall–Kier alpha value is -2.04. The molecule has 1 atom stereocenters. The summed E-state index contributed by atoms with van der Waals surface area (Å²) in [6.45, 7) is 4.10. The Labute approximate surface area is 137 Å². The van der Waals surface area contributed by atoms with Crippen LogP contribution in [0, 0.1) is 0 Å². The highest BCUT2D eigenvalue weighted by Gasteiger charge is 2.20. The Morgan fingerprint density at radius 2 is 2.00 bits per heavy atom. The van der Waals surface area contributed by atoms with E-state index in [2.05, 4.69) is 40.5 Å². The largest absolute Gasteiger partial charge is 0.504 e. The summed E-state index contributed by atoms with van der Waals surface area (Å²) < 4.78 is 5.19. The zero-order valence-corrected chi connectivity index (χ0v) is 13.5. The summed E-state index contributed by atoms with van der Waals surface area (Å²) in [5.41, 5.74) is 2.54. The molecule has 122 valence electrons. The number of rotatable bonds is 5. The summed E-state index contributed by atoms with van der Waals surface area (Å²) in [6.07, 6.45) is 0.932. The number of nitrogens with one attached hydrogen (secondary N) is 1. The summed E-state index contributed by atoms with van der Waals surface area (Å²) in [4.78, 5) is 2.49. The number of hydrogen-bond donors (Lipinski definition) is 2. The lowest BCUT2D eigenvalue weighted by molar-refractivity contribution is 0.192. The number of ether oxygens (including phenoxy) is 1. The summed E-state index contributed by atoms with van der Waals surface area (Å²) in [5.74, 6) is 0.734. The van der Waals surface area contributed by atoms with Gasteiger partial charge in [0.1, 0.15) is 0 Å². The number of phenolic OH excluding ortho intramolecular Hbond substituents is 1. The normalized spacial score (nSPS) is 18.7. The second-order valence-corrected chi connectivity index (χ2v) is 6.08. The lowest BCUT2D eigenvalue weighted by Crippen LogP contribution is -2.51. The minimum atomic E-state index is 0.193. The van der Waals surface area contributed by atoms with Gasteiger partial charge in [-0.25, -0.2) is 0 Å². The van der Waals surface area contributed by atoms with Crippen LogP contribution < -0.4 is 10.1 Å². The molecule has 1 saturated heterocycles. The van der Waals surface area contributed by atoms with Crippen LogP contribution in [0.1, 0.15) is 11.1 Å². The van der Waals surface area contributed by atoms with Crippen LogP contribution in [-0.2, 0) is 13.0 Å². The van der Waals surface area contributed by atoms with Crippen molar-refractivity contribution in [3.05, 3.63) is 59.7 Å². The number of piperazine rings is 1. The van der Waals surface area contributed by atoms with Gasteiger partial charge < -0.3 is 15.2 Å². The van der Waals surface area contributed by atoms with E-state index < -0.39 is 0 Å². The summed E-state index contributed by atoms with van der Waals surface area (Å²) in [6, 6.07) is 16.6. The molecule has 23 heavy (non-hydrogen) atoms. The highest BCUT2D eigenvalue weighted by Crippen LogP contribution is 2.27. The molecule has 3 rings (SSSR count). The maximum absolute atomic E-state index is 9.70. The molecule has 0 unspecified atom stereocenters. The summed E-state index contributed by atoms with van der Waals surface area (Å²) in [7, 11) is 1.58. The third-order valence-corrected chi connectivity index (χ3v) is 4.31. The molecule has 0 spiro atoms. The zero-order valence-electron chi connectivity index (χ0n) is 13.5. The van der Waals surface area contributed by atoms with Gasteiger partial charge in [0.25, 0.3) is 0 Å². The standard InChI is InChI=1S/C19H24N2O2/c1-23-19-12-16(7-8-18(19)22)11-17-14-21(10-9-20-17)13-15-5-3-2-4-6-15/h2-8,12,17,20,22H,9-11,13-14H2,1H3/t17-/m1/s1. The van der Waals surface area contributed by atoms with E-state index in [-0.39, 0.29) is 5.75 Å². The number of benzene rings is 2. The summed E-state index contributed by atoms with van der Waals surface area (Å²) >= 11 is 0. The van der Waals surface area contributed by atoms with Gasteiger partial charge in [-0.05, 0) is 29.7 Å². The van der Waals surface area contributed by atoms with Crippen LogP contribution in [0.2, 0.25) is 0 Å². The minimum Gasteiger partial charge on any atom is -0.504 e. The second kappa shape index (κ2) is 7.49. The molecule has 2 aromatic rings. The van der Waals surface area contributed by atoms with E-state index in [1.807, 2.05) is 12.1 Å². The molecule has 4 heteroatoms. The van der Waals surface area contributed by atoms with E-state index in [4.69, 9.17) is 4.74 Å². The number of hydrogen-bond acceptors (Lipinski definition) is 4. The second-order valence-electron chi connectivity index (χ2n) is 6.08. The monoisotopic (exact) mass is 312 g/mol. The first-order chi connectivity index (χ1) is 11.2. The number of nitrogens with zero attached hydrogens (tertiary/aromatic N) is 1. The highest BCUT2D eigenvalue weighted by atomic mass is 16.5. The van der Waals surface area contributed by atoms with Crippen LogP contribution in [0.15, 0.2) is 48.5 Å². The predicted molar refractivity (Wildman–Crippen MR) is 91.9 cm³/mol. The van der Waals surface area contributed by atoms with E-state index in [1.165, 1.54) is 11.1 Å². The van der Waals surface area contributed by atoms with E-state index in [0.29, 0.717) is 11.8 Å². The van der Waals surface area contributed by atoms with Crippen LogP contribution in [0.4, 0.5) is 0 Å². The highest BCUT2D eigenvalue weighted by molar-refractivity contribution is 5.42. The molecule has 0 saturated carbocycles. The van der Waals surface area contributed by atoms with Gasteiger partial charge in [0.2, 0.25) is 0 Å². The maximum Gasteiger partial charge on any atom is 0.160 e. The molecule has 1 fully saturated rings. The summed E-state index contributed by atoms with van der Waals surface area (Å²) in [5, 5.41) is 13.3. The van der Waals surface area contributed by atoms with Gasteiger partial charge in [-0.1, -0.05) is 36.4 Å². The maximum atomic E-state index is 9.70. The van der Waals surface area contributed by atoms with Crippen molar-refractivity contribution < 1.29 is 9.84 Å². The van der Waals surface area contributed by atoms with E-state index >= 15 is 0 Å². The van der Waals surface area contributed by atoms with Crippen molar-refractivity contribution in [1.29, 1.82) is 0 Å². The molecule has 4 nitrogen and oxygen atoms in total. The Balaban J connectivity index is 1.60. The predicted octanol–water partition coefficient (Wildman–Crippen LogP) is 2.42. The van der Waals surface area contributed by atoms with Gasteiger partial charge in [0.15, 0.2) is 11.5 Å². The lowest BCUT2D eigenvalue weighted by Gasteiger charge is -2.34. The smallest absolute Gasteiger partial charge is 0.160 e. The average Bonchev–Trinajstić information content (AvgIpc) is 2.58. The molecule has 0 aliphatic carbocycles. The third kappa shape index (κ3) is 4.24. The van der Waals surface area contributed by atoms with E-state index in [0.717, 1.165) is 32.6 Å². The van der Waals surface area contributed by atoms with Gasteiger partial charge in [-0.15, -0.1) is 0 Å². The Bertz CT molecular complexity index is 631. The van der Waals surface area contributed by atoms with Crippen LogP contribution >= 0.6 is 0 Å². The molecular weight excluding hydrogens is 288 g/mol. The van der Waals surface area contributed by atoms with Gasteiger partial charge >= 0.3 is 0 Å². The van der Waals surface area contributed by atoms with Crippen molar-refractivity contribution in [2.75, 3.05) is 26.7 Å². The number of phenols is 1. The van der Waals surface area contributed by atoms with Gasteiger partial charge in [-0.2, -0.15) is 0 Å². The Kier molecular flexibility index (Phi) is 5.16. The van der Waals surface area contributed by atoms with Crippen molar-refractivity contribution in [3.8, 4) is 11.5 Å². The number of aromatic hydroxyl groups is 1. The fraction of sp³-hybridized carbons (Fsp3) is 0.368. The van der Waals surface area contributed by atoms with Gasteiger partial charge in [0, 0.05) is 32.2 Å². The topological polar surface area (TPSA) is 44.7 Å². The molecule has 1 aliphatic rings. The van der Waals surface area contributed by atoms with Crippen molar-refractivity contribution in [2.24, 2.45) is 0 Å². The molecular formula is C19H24N2O2. The van der Waals surface area contributed by atoms with Crippen LogP contribution in [-0.4, -0.2) is 42.8 Å². The molecule has 0 amide bonds. The van der Waals surface area contributed by atoms with Crippen molar-refractivity contribution >= 4 is 0 Å². The fourth-order valence-corrected chi connectivity index (χ4v) is 3.15. The van der Waals surface area contributed by atoms with Crippen molar-refractivity contribution in [2.45, 2.75) is 19.0 Å². The average molecular weight is 312 g/mol. The van der Waals surface area contributed by atoms with Crippen molar-refractivity contribution in [3.63, 3.8) is 0 Å². The molecule has 2 aromatic carbocycles. The molecule has 2 N–H and O–H groups in total. The lowest BCUT2D eigenvalue weighted by atomic mass is 10.0. The van der Waals surface area contributed by atoms with E-state index in [9.17, 15) is 5.11 Å². The quantitative estimate of drug-likeness (QED) is 0.890. The van der Waals surface area contributed by atoms with Crippen LogP contribution in [0.3, 0.4) is 0 Å². The molecule has 0 bridgehead atoms. The fourth-order valence-electron chi connectivity index (χ4n) is 3.15. The Morgan fingerprint density at radius 3 is 2.78 bits per heavy atom. The van der Waals surface area contributed by atoms with Crippen LogP contribution in [0.5, 0.6) is 11.5 Å². The molecule has 1 heterocycles.